The molecule has 3 aromatic rings. The molecule has 0 aliphatic heterocycles. The van der Waals surface area contributed by atoms with Crippen molar-refractivity contribution in [3.05, 3.63) is 96.6 Å². The van der Waals surface area contributed by atoms with Gasteiger partial charge in [-0.05, 0) is 95.6 Å². The molecule has 0 atom stereocenters. The van der Waals surface area contributed by atoms with Crippen LogP contribution in [0, 0.1) is 31.9 Å². The second-order valence-electron chi connectivity index (χ2n) is 7.47. The Morgan fingerprint density at radius 1 is 1.17 bits per heavy atom. The summed E-state index contributed by atoms with van der Waals surface area (Å²) in [4.78, 5) is 23.0. The number of nitrogens with zero attached hydrogens (tertiary/aromatic N) is 2. The van der Waals surface area contributed by atoms with E-state index in [4.69, 9.17) is 9.47 Å². The Kier molecular flexibility index (Phi) is 8.80. The number of nitriles is 1. The molecule has 1 amide bonds. The minimum absolute atomic E-state index is 0.00853. The van der Waals surface area contributed by atoms with Gasteiger partial charge in [-0.3, -0.25) is 14.9 Å². The molecule has 0 saturated carbocycles. The average Bonchev–Trinajstić information content (AvgIpc) is 2.82. The van der Waals surface area contributed by atoms with Gasteiger partial charge in [0.15, 0.2) is 11.5 Å². The standard InChI is InChI=1S/C26H22IN3O5/c1-3-34-24-14-19(12-20(15-28)26(31)29-21-6-4-5-17(2)11-21)13-23(27)25(24)35-16-18-7-9-22(10-8-18)30(32)33/h4-14H,3,16H2,1-2H3,(H,29,31)/b20-12-. The van der Waals surface area contributed by atoms with E-state index in [0.717, 1.165) is 14.7 Å². The van der Waals surface area contributed by atoms with Crippen LogP contribution in [0.15, 0.2) is 66.2 Å². The highest BCUT2D eigenvalue weighted by molar-refractivity contribution is 14.1. The zero-order chi connectivity index (χ0) is 25.4. The number of anilines is 1. The van der Waals surface area contributed by atoms with Crippen LogP contribution in [0.4, 0.5) is 11.4 Å². The topological polar surface area (TPSA) is 114 Å². The van der Waals surface area contributed by atoms with Crippen LogP contribution in [0.25, 0.3) is 6.08 Å². The van der Waals surface area contributed by atoms with Crippen LogP contribution in [0.3, 0.4) is 0 Å². The summed E-state index contributed by atoms with van der Waals surface area (Å²) in [5.74, 6) is 0.458. The molecule has 0 fully saturated rings. The number of ether oxygens (including phenoxy) is 2. The third-order valence-corrected chi connectivity index (χ3v) is 5.62. The Morgan fingerprint density at radius 2 is 1.91 bits per heavy atom. The lowest BCUT2D eigenvalue weighted by atomic mass is 10.1. The van der Waals surface area contributed by atoms with Crippen LogP contribution in [0.5, 0.6) is 11.5 Å². The molecule has 0 unspecified atom stereocenters. The molecule has 0 heterocycles. The van der Waals surface area contributed by atoms with Gasteiger partial charge >= 0.3 is 0 Å². The highest BCUT2D eigenvalue weighted by atomic mass is 127. The highest BCUT2D eigenvalue weighted by Crippen LogP contribution is 2.35. The van der Waals surface area contributed by atoms with Crippen LogP contribution in [-0.2, 0) is 11.4 Å². The molecule has 35 heavy (non-hydrogen) atoms. The third kappa shape index (κ3) is 7.04. The maximum atomic E-state index is 12.6. The van der Waals surface area contributed by atoms with E-state index in [9.17, 15) is 20.2 Å². The van der Waals surface area contributed by atoms with E-state index < -0.39 is 10.8 Å². The van der Waals surface area contributed by atoms with Gasteiger partial charge in [0, 0.05) is 17.8 Å². The van der Waals surface area contributed by atoms with Crippen molar-refractivity contribution in [1.29, 1.82) is 5.26 Å². The Labute approximate surface area is 216 Å². The zero-order valence-electron chi connectivity index (χ0n) is 19.1. The second-order valence-corrected chi connectivity index (χ2v) is 8.63. The molecule has 0 aliphatic carbocycles. The maximum Gasteiger partial charge on any atom is 0.269 e. The molecule has 0 saturated heterocycles. The van der Waals surface area contributed by atoms with Crippen LogP contribution in [-0.4, -0.2) is 17.4 Å². The first-order chi connectivity index (χ1) is 16.8. The number of nitro groups is 1. The summed E-state index contributed by atoms with van der Waals surface area (Å²) in [5, 5.41) is 23.1. The number of carbonyl (C=O) groups is 1. The van der Waals surface area contributed by atoms with Crippen molar-refractivity contribution in [2.75, 3.05) is 11.9 Å². The normalized spacial score (nSPS) is 10.9. The number of halogens is 1. The summed E-state index contributed by atoms with van der Waals surface area (Å²) < 4.78 is 12.4. The van der Waals surface area contributed by atoms with Crippen molar-refractivity contribution in [2.24, 2.45) is 0 Å². The van der Waals surface area contributed by atoms with Gasteiger partial charge in [-0.1, -0.05) is 12.1 Å². The molecule has 9 heteroatoms. The first kappa shape index (κ1) is 25.7. The fourth-order valence-electron chi connectivity index (χ4n) is 3.18. The smallest absolute Gasteiger partial charge is 0.269 e. The van der Waals surface area contributed by atoms with Gasteiger partial charge in [0.05, 0.1) is 15.1 Å². The van der Waals surface area contributed by atoms with Crippen LogP contribution < -0.4 is 14.8 Å². The summed E-state index contributed by atoms with van der Waals surface area (Å²) >= 11 is 2.10. The number of aryl methyl sites for hydroxylation is 1. The van der Waals surface area contributed by atoms with Gasteiger partial charge in [-0.25, -0.2) is 0 Å². The van der Waals surface area contributed by atoms with Gasteiger partial charge in [0.25, 0.3) is 11.6 Å². The van der Waals surface area contributed by atoms with Crippen LogP contribution in [0.2, 0.25) is 0 Å². The number of nitrogens with one attached hydrogen (secondary N) is 1. The van der Waals surface area contributed by atoms with E-state index >= 15 is 0 Å². The first-order valence-corrected chi connectivity index (χ1v) is 11.7. The molecular formula is C26H22IN3O5. The molecule has 1 N–H and O–H groups in total. The summed E-state index contributed by atoms with van der Waals surface area (Å²) in [7, 11) is 0. The quantitative estimate of drug-likeness (QED) is 0.108. The zero-order valence-corrected chi connectivity index (χ0v) is 21.2. The molecule has 178 valence electrons. The molecule has 8 nitrogen and oxygen atoms in total. The number of hydrogen-bond acceptors (Lipinski definition) is 6. The lowest BCUT2D eigenvalue weighted by molar-refractivity contribution is -0.384. The first-order valence-electron chi connectivity index (χ1n) is 10.6. The summed E-state index contributed by atoms with van der Waals surface area (Å²) in [6, 6.07) is 18.9. The largest absolute Gasteiger partial charge is 0.490 e. The van der Waals surface area contributed by atoms with Gasteiger partial charge in [-0.15, -0.1) is 0 Å². The molecule has 0 bridgehead atoms. The van der Waals surface area contributed by atoms with Crippen LogP contribution >= 0.6 is 22.6 Å². The fourth-order valence-corrected chi connectivity index (χ4v) is 3.96. The van der Waals surface area contributed by atoms with Gasteiger partial charge in [0.1, 0.15) is 18.2 Å². The number of rotatable bonds is 9. The summed E-state index contributed by atoms with van der Waals surface area (Å²) in [6.07, 6.45) is 1.50. The van der Waals surface area contributed by atoms with E-state index in [-0.39, 0.29) is 17.9 Å². The molecule has 3 rings (SSSR count). The van der Waals surface area contributed by atoms with Crippen molar-refractivity contribution in [3.63, 3.8) is 0 Å². The molecule has 0 aliphatic rings. The Balaban J connectivity index is 1.82. The minimum atomic E-state index is -0.510. The maximum absolute atomic E-state index is 12.6. The average molecular weight is 583 g/mol. The molecular weight excluding hydrogens is 561 g/mol. The second kappa shape index (κ2) is 12.0. The monoisotopic (exact) mass is 583 g/mol. The van der Waals surface area contributed by atoms with Crippen molar-refractivity contribution < 1.29 is 19.2 Å². The van der Waals surface area contributed by atoms with E-state index in [1.54, 1.807) is 30.3 Å². The van der Waals surface area contributed by atoms with Gasteiger partial charge in [0.2, 0.25) is 0 Å². The number of non-ortho nitro benzene ring substituents is 1. The molecule has 0 aromatic heterocycles. The SMILES string of the molecule is CCOc1cc(/C=C(/C#N)C(=O)Nc2cccc(C)c2)cc(I)c1OCc1ccc([N+](=O)[O-])cc1. The minimum Gasteiger partial charge on any atom is -0.490 e. The lowest BCUT2D eigenvalue weighted by Gasteiger charge is -2.15. The van der Waals surface area contributed by atoms with Crippen molar-refractivity contribution >= 4 is 45.9 Å². The van der Waals surface area contributed by atoms with E-state index in [0.29, 0.717) is 29.4 Å². The Bertz CT molecular complexity index is 1310. The number of amides is 1. The van der Waals surface area contributed by atoms with E-state index in [1.165, 1.54) is 18.2 Å². The number of nitro benzene ring substituents is 1. The van der Waals surface area contributed by atoms with Crippen molar-refractivity contribution in [2.45, 2.75) is 20.5 Å². The number of hydrogen-bond donors (Lipinski definition) is 1. The van der Waals surface area contributed by atoms with E-state index in [1.807, 2.05) is 38.1 Å². The van der Waals surface area contributed by atoms with Crippen LogP contribution in [0.1, 0.15) is 23.6 Å². The molecule has 3 aromatic carbocycles. The van der Waals surface area contributed by atoms with Crippen molar-refractivity contribution in [3.8, 4) is 17.6 Å². The van der Waals surface area contributed by atoms with Gasteiger partial charge < -0.3 is 14.8 Å². The number of carbonyl (C=O) groups excluding carboxylic acids is 1. The van der Waals surface area contributed by atoms with Gasteiger partial charge in [-0.2, -0.15) is 5.26 Å². The molecule has 0 radical (unpaired) electrons. The third-order valence-electron chi connectivity index (χ3n) is 4.81. The summed E-state index contributed by atoms with van der Waals surface area (Å²) in [6.45, 7) is 4.33. The van der Waals surface area contributed by atoms with E-state index in [2.05, 4.69) is 27.9 Å². The lowest BCUT2D eigenvalue weighted by Crippen LogP contribution is -2.13. The predicted molar refractivity (Wildman–Crippen MR) is 141 cm³/mol. The Morgan fingerprint density at radius 3 is 2.54 bits per heavy atom. The Hall–Kier alpha value is -3.91. The predicted octanol–water partition coefficient (Wildman–Crippen LogP) is 6.03. The summed E-state index contributed by atoms with van der Waals surface area (Å²) in [5.41, 5.74) is 2.92. The fraction of sp³-hybridized carbons (Fsp3) is 0.154. The highest BCUT2D eigenvalue weighted by Gasteiger charge is 2.15. The number of benzene rings is 3. The van der Waals surface area contributed by atoms with Crippen molar-refractivity contribution in [1.82, 2.24) is 0 Å². The molecule has 0 spiro atoms.